The standard InChI is InChI=1S/C21H27N3O3/c1-4-24(5-2)15-14-22-20(25)16-6-10-18(11-7-16)23-21(26)17-8-12-19(27-3)13-9-17/h6-13H,4-5,14-15H2,1-3H3,(H,22,25)(H,23,26)/p+1. The van der Waals surface area contributed by atoms with E-state index in [1.165, 1.54) is 4.90 Å². The fraction of sp³-hybridized carbons (Fsp3) is 0.333. The normalized spacial score (nSPS) is 10.5. The largest absolute Gasteiger partial charge is 0.497 e. The summed E-state index contributed by atoms with van der Waals surface area (Å²) in [4.78, 5) is 25.9. The monoisotopic (exact) mass is 370 g/mol. The van der Waals surface area contributed by atoms with E-state index in [4.69, 9.17) is 4.74 Å². The second-order valence-electron chi connectivity index (χ2n) is 6.22. The van der Waals surface area contributed by atoms with E-state index in [0.717, 1.165) is 19.6 Å². The Kier molecular flexibility index (Phi) is 7.82. The molecule has 0 atom stereocenters. The molecule has 3 N–H and O–H groups in total. The molecule has 0 saturated heterocycles. The van der Waals surface area contributed by atoms with E-state index >= 15 is 0 Å². The summed E-state index contributed by atoms with van der Waals surface area (Å²) in [7, 11) is 1.58. The number of likely N-dealkylation sites (N-methyl/N-ethyl adjacent to an activating group) is 1. The summed E-state index contributed by atoms with van der Waals surface area (Å²) in [6.45, 7) is 7.93. The Labute approximate surface area is 160 Å². The van der Waals surface area contributed by atoms with Crippen molar-refractivity contribution < 1.29 is 19.2 Å². The van der Waals surface area contributed by atoms with Gasteiger partial charge in [0.05, 0.1) is 33.3 Å². The maximum Gasteiger partial charge on any atom is 0.255 e. The van der Waals surface area contributed by atoms with Crippen molar-refractivity contribution in [1.82, 2.24) is 5.32 Å². The third kappa shape index (κ3) is 6.11. The van der Waals surface area contributed by atoms with Gasteiger partial charge in [0.15, 0.2) is 0 Å². The lowest BCUT2D eigenvalue weighted by Crippen LogP contribution is -3.12. The molecule has 6 heteroatoms. The summed E-state index contributed by atoms with van der Waals surface area (Å²) in [5, 5.41) is 5.76. The Morgan fingerprint density at radius 2 is 1.44 bits per heavy atom. The highest BCUT2D eigenvalue weighted by Crippen LogP contribution is 2.14. The van der Waals surface area contributed by atoms with Gasteiger partial charge in [0.2, 0.25) is 0 Å². The van der Waals surface area contributed by atoms with Crippen LogP contribution in [0.3, 0.4) is 0 Å². The topological polar surface area (TPSA) is 71.9 Å². The van der Waals surface area contributed by atoms with Crippen LogP contribution in [-0.4, -0.2) is 45.1 Å². The maximum absolute atomic E-state index is 12.3. The highest BCUT2D eigenvalue weighted by atomic mass is 16.5. The number of benzene rings is 2. The van der Waals surface area contributed by atoms with Gasteiger partial charge in [0, 0.05) is 16.8 Å². The first-order chi connectivity index (χ1) is 13.1. The average Bonchev–Trinajstić information content (AvgIpc) is 2.71. The lowest BCUT2D eigenvalue weighted by Gasteiger charge is -2.15. The number of anilines is 1. The summed E-state index contributed by atoms with van der Waals surface area (Å²) in [6.07, 6.45) is 0. The Morgan fingerprint density at radius 3 is 2.00 bits per heavy atom. The van der Waals surface area contributed by atoms with Crippen molar-refractivity contribution in [3.8, 4) is 5.75 Å². The van der Waals surface area contributed by atoms with Gasteiger partial charge in [-0.15, -0.1) is 0 Å². The minimum Gasteiger partial charge on any atom is -0.497 e. The molecule has 0 unspecified atom stereocenters. The van der Waals surface area contributed by atoms with E-state index in [9.17, 15) is 9.59 Å². The van der Waals surface area contributed by atoms with Gasteiger partial charge in [-0.2, -0.15) is 0 Å². The fourth-order valence-corrected chi connectivity index (χ4v) is 2.71. The Balaban J connectivity index is 1.88. The Bertz CT molecular complexity index is 738. The van der Waals surface area contributed by atoms with Crippen LogP contribution in [0.25, 0.3) is 0 Å². The molecule has 144 valence electrons. The zero-order valence-electron chi connectivity index (χ0n) is 16.2. The molecule has 0 saturated carbocycles. The molecule has 0 aliphatic carbocycles. The van der Waals surface area contributed by atoms with E-state index in [1.807, 2.05) is 0 Å². The molecule has 2 aromatic rings. The number of quaternary nitrogens is 1. The molecular weight excluding hydrogens is 342 g/mol. The first kappa shape index (κ1) is 20.5. The SMILES string of the molecule is CC[NH+](CC)CCNC(=O)c1ccc(NC(=O)c2ccc(OC)cc2)cc1. The number of hydrogen-bond donors (Lipinski definition) is 3. The van der Waals surface area contributed by atoms with E-state index in [-0.39, 0.29) is 11.8 Å². The molecule has 0 aliphatic heterocycles. The van der Waals surface area contributed by atoms with Crippen molar-refractivity contribution in [2.45, 2.75) is 13.8 Å². The zero-order valence-corrected chi connectivity index (χ0v) is 16.2. The average molecular weight is 370 g/mol. The first-order valence-corrected chi connectivity index (χ1v) is 9.24. The van der Waals surface area contributed by atoms with Crippen molar-refractivity contribution in [1.29, 1.82) is 0 Å². The van der Waals surface area contributed by atoms with Crippen LogP contribution in [0.4, 0.5) is 5.69 Å². The van der Waals surface area contributed by atoms with Gasteiger partial charge in [-0.1, -0.05) is 0 Å². The third-order valence-electron chi connectivity index (χ3n) is 4.52. The number of methoxy groups -OCH3 is 1. The van der Waals surface area contributed by atoms with Gasteiger partial charge in [-0.05, 0) is 62.4 Å². The molecular formula is C21H28N3O3+. The van der Waals surface area contributed by atoms with Crippen LogP contribution in [0.15, 0.2) is 48.5 Å². The number of nitrogens with one attached hydrogen (secondary N) is 3. The number of carbonyl (C=O) groups is 2. The maximum atomic E-state index is 12.3. The molecule has 0 aliphatic rings. The van der Waals surface area contributed by atoms with Gasteiger partial charge in [-0.25, -0.2) is 0 Å². The highest BCUT2D eigenvalue weighted by molar-refractivity contribution is 6.04. The van der Waals surface area contributed by atoms with Gasteiger partial charge in [0.25, 0.3) is 11.8 Å². The molecule has 27 heavy (non-hydrogen) atoms. The van der Waals surface area contributed by atoms with Crippen molar-refractivity contribution in [3.63, 3.8) is 0 Å². The Morgan fingerprint density at radius 1 is 0.889 bits per heavy atom. The van der Waals surface area contributed by atoms with Crippen LogP contribution in [0.1, 0.15) is 34.6 Å². The van der Waals surface area contributed by atoms with E-state index in [0.29, 0.717) is 29.1 Å². The molecule has 2 rings (SSSR count). The number of ether oxygens (including phenoxy) is 1. The smallest absolute Gasteiger partial charge is 0.255 e. The molecule has 0 radical (unpaired) electrons. The predicted octanol–water partition coefficient (Wildman–Crippen LogP) is 1.60. The van der Waals surface area contributed by atoms with E-state index in [2.05, 4.69) is 24.5 Å². The molecule has 2 amide bonds. The minimum absolute atomic E-state index is 0.102. The number of amides is 2. The van der Waals surface area contributed by atoms with Crippen LogP contribution in [0.2, 0.25) is 0 Å². The van der Waals surface area contributed by atoms with Crippen molar-refractivity contribution in [2.75, 3.05) is 38.6 Å². The second kappa shape index (κ2) is 10.3. The molecule has 0 aromatic heterocycles. The molecule has 2 aromatic carbocycles. The summed E-state index contributed by atoms with van der Waals surface area (Å²) in [5.41, 5.74) is 1.75. The van der Waals surface area contributed by atoms with Crippen LogP contribution >= 0.6 is 0 Å². The molecule has 6 nitrogen and oxygen atoms in total. The predicted molar refractivity (Wildman–Crippen MR) is 107 cm³/mol. The number of rotatable bonds is 9. The molecule has 0 spiro atoms. The first-order valence-electron chi connectivity index (χ1n) is 9.24. The summed E-state index contributed by atoms with van der Waals surface area (Å²) in [6, 6.07) is 13.8. The number of hydrogen-bond acceptors (Lipinski definition) is 3. The molecule has 0 heterocycles. The quantitative estimate of drug-likeness (QED) is 0.628. The van der Waals surface area contributed by atoms with Gasteiger partial charge in [-0.3, -0.25) is 9.59 Å². The van der Waals surface area contributed by atoms with Gasteiger partial charge < -0.3 is 20.3 Å². The van der Waals surface area contributed by atoms with Crippen LogP contribution in [0.5, 0.6) is 5.75 Å². The Hall–Kier alpha value is -2.86. The highest BCUT2D eigenvalue weighted by Gasteiger charge is 2.09. The molecule has 0 bridgehead atoms. The van der Waals surface area contributed by atoms with Crippen molar-refractivity contribution in [2.24, 2.45) is 0 Å². The second-order valence-corrected chi connectivity index (χ2v) is 6.22. The summed E-state index contributed by atoms with van der Waals surface area (Å²) < 4.78 is 5.09. The fourth-order valence-electron chi connectivity index (χ4n) is 2.71. The van der Waals surface area contributed by atoms with Crippen molar-refractivity contribution >= 4 is 17.5 Å². The van der Waals surface area contributed by atoms with Crippen molar-refractivity contribution in [3.05, 3.63) is 59.7 Å². The van der Waals surface area contributed by atoms with Crippen LogP contribution in [-0.2, 0) is 0 Å². The van der Waals surface area contributed by atoms with Gasteiger partial charge in [0.1, 0.15) is 5.75 Å². The zero-order chi connectivity index (χ0) is 19.6. The van der Waals surface area contributed by atoms with Crippen LogP contribution in [0, 0.1) is 0 Å². The van der Waals surface area contributed by atoms with E-state index < -0.39 is 0 Å². The molecule has 0 fully saturated rings. The summed E-state index contributed by atoms with van der Waals surface area (Å²) >= 11 is 0. The minimum atomic E-state index is -0.211. The lowest BCUT2D eigenvalue weighted by molar-refractivity contribution is -0.895. The third-order valence-corrected chi connectivity index (χ3v) is 4.52. The number of carbonyl (C=O) groups excluding carboxylic acids is 2. The lowest BCUT2D eigenvalue weighted by atomic mass is 10.1. The van der Waals surface area contributed by atoms with Gasteiger partial charge >= 0.3 is 0 Å². The summed E-state index contributed by atoms with van der Waals surface area (Å²) in [5.74, 6) is 0.385. The van der Waals surface area contributed by atoms with E-state index in [1.54, 1.807) is 55.6 Å². The van der Waals surface area contributed by atoms with Crippen LogP contribution < -0.4 is 20.3 Å².